The minimum Gasteiger partial charge on any atom is -0.497 e. The van der Waals surface area contributed by atoms with Crippen molar-refractivity contribution in [1.82, 2.24) is 5.32 Å². The quantitative estimate of drug-likeness (QED) is 0.723. The summed E-state index contributed by atoms with van der Waals surface area (Å²) >= 11 is 0. The number of benzene rings is 1. The maximum atomic E-state index is 11.6. The van der Waals surface area contributed by atoms with Gasteiger partial charge in [-0.05, 0) is 18.2 Å². The van der Waals surface area contributed by atoms with E-state index in [1.54, 1.807) is 6.07 Å². The number of anilines is 1. The number of amides is 1. The third-order valence-electron chi connectivity index (χ3n) is 2.40. The lowest BCUT2D eigenvalue weighted by atomic mass is 10.1. The van der Waals surface area contributed by atoms with Crippen molar-refractivity contribution < 1.29 is 19.4 Å². The van der Waals surface area contributed by atoms with Crippen LogP contribution in [-0.4, -0.2) is 36.7 Å². The van der Waals surface area contributed by atoms with E-state index in [2.05, 4.69) is 10.6 Å². The van der Waals surface area contributed by atoms with Crippen LogP contribution in [0.2, 0.25) is 0 Å². The Morgan fingerprint density at radius 1 is 1.37 bits per heavy atom. The summed E-state index contributed by atoms with van der Waals surface area (Å²) in [6, 6.07) is 4.65. The molecule has 104 valence electrons. The maximum absolute atomic E-state index is 11.6. The molecule has 0 bridgehead atoms. The Hall–Kier alpha value is -2.08. The predicted molar refractivity (Wildman–Crippen MR) is 71.7 cm³/mol. The smallest absolute Gasteiger partial charge is 0.337 e. The topological polar surface area (TPSA) is 87.7 Å². The van der Waals surface area contributed by atoms with Gasteiger partial charge in [0.05, 0.1) is 24.9 Å². The molecule has 0 aromatic heterocycles. The molecule has 6 nitrogen and oxygen atoms in total. The van der Waals surface area contributed by atoms with Crippen LogP contribution in [0.4, 0.5) is 5.69 Å². The van der Waals surface area contributed by atoms with Gasteiger partial charge in [0.1, 0.15) is 5.75 Å². The highest BCUT2D eigenvalue weighted by Gasteiger charge is 2.13. The van der Waals surface area contributed by atoms with Crippen LogP contribution in [0.25, 0.3) is 0 Å². The molecule has 0 heterocycles. The summed E-state index contributed by atoms with van der Waals surface area (Å²) in [4.78, 5) is 22.8. The summed E-state index contributed by atoms with van der Waals surface area (Å²) < 4.78 is 4.96. The number of carbonyl (C=O) groups is 2. The normalized spacial score (nSPS) is 10.3. The van der Waals surface area contributed by atoms with E-state index in [0.29, 0.717) is 5.75 Å². The van der Waals surface area contributed by atoms with Crippen molar-refractivity contribution in [2.24, 2.45) is 0 Å². The van der Waals surface area contributed by atoms with Gasteiger partial charge in [-0.15, -0.1) is 0 Å². The van der Waals surface area contributed by atoms with Gasteiger partial charge in [0, 0.05) is 6.04 Å². The van der Waals surface area contributed by atoms with Crippen LogP contribution in [0.15, 0.2) is 18.2 Å². The van der Waals surface area contributed by atoms with E-state index < -0.39 is 5.97 Å². The largest absolute Gasteiger partial charge is 0.497 e. The molecule has 0 spiro atoms. The SMILES string of the molecule is COc1ccc(NC(=O)CNC(C)C)c(C(=O)O)c1. The Morgan fingerprint density at radius 3 is 2.58 bits per heavy atom. The molecule has 0 saturated carbocycles. The van der Waals surface area contributed by atoms with Gasteiger partial charge in [-0.25, -0.2) is 4.79 Å². The zero-order valence-corrected chi connectivity index (χ0v) is 11.2. The molecule has 0 aliphatic rings. The molecule has 1 aromatic rings. The average molecular weight is 266 g/mol. The molecule has 1 amide bonds. The molecule has 0 saturated heterocycles. The zero-order valence-electron chi connectivity index (χ0n) is 11.2. The number of ether oxygens (including phenoxy) is 1. The fourth-order valence-corrected chi connectivity index (χ4v) is 1.43. The van der Waals surface area contributed by atoms with E-state index in [9.17, 15) is 9.59 Å². The number of carboxylic acids is 1. The highest BCUT2D eigenvalue weighted by atomic mass is 16.5. The van der Waals surface area contributed by atoms with Crippen molar-refractivity contribution in [3.63, 3.8) is 0 Å². The second kappa shape index (κ2) is 6.75. The average Bonchev–Trinajstić information content (AvgIpc) is 2.36. The first-order valence-corrected chi connectivity index (χ1v) is 5.88. The summed E-state index contributed by atoms with van der Waals surface area (Å²) in [5.74, 6) is -0.983. The van der Waals surface area contributed by atoms with Crippen molar-refractivity contribution in [3.8, 4) is 5.75 Å². The molecule has 0 radical (unpaired) electrons. The molecule has 19 heavy (non-hydrogen) atoms. The van der Waals surface area contributed by atoms with E-state index in [0.717, 1.165) is 0 Å². The molecule has 0 fully saturated rings. The summed E-state index contributed by atoms with van der Waals surface area (Å²) in [5.41, 5.74) is 0.251. The Bertz CT molecular complexity index is 472. The number of nitrogens with one attached hydrogen (secondary N) is 2. The van der Waals surface area contributed by atoms with Crippen LogP contribution in [0, 0.1) is 0 Å². The summed E-state index contributed by atoms with van der Waals surface area (Å²) in [6.07, 6.45) is 0. The lowest BCUT2D eigenvalue weighted by Gasteiger charge is -2.11. The van der Waals surface area contributed by atoms with E-state index in [1.165, 1.54) is 19.2 Å². The molecule has 3 N–H and O–H groups in total. The maximum Gasteiger partial charge on any atom is 0.337 e. The Morgan fingerprint density at radius 2 is 2.05 bits per heavy atom. The van der Waals surface area contributed by atoms with Crippen LogP contribution in [-0.2, 0) is 4.79 Å². The van der Waals surface area contributed by atoms with Gasteiger partial charge >= 0.3 is 5.97 Å². The lowest BCUT2D eigenvalue weighted by Crippen LogP contribution is -2.33. The van der Waals surface area contributed by atoms with Crippen LogP contribution in [0.5, 0.6) is 5.75 Å². The first-order chi connectivity index (χ1) is 8.93. The van der Waals surface area contributed by atoms with Gasteiger partial charge < -0.3 is 20.5 Å². The molecule has 0 aliphatic carbocycles. The molecule has 1 rings (SSSR count). The summed E-state index contributed by atoms with van der Waals surface area (Å²) in [7, 11) is 1.45. The monoisotopic (exact) mass is 266 g/mol. The van der Waals surface area contributed by atoms with Crippen molar-refractivity contribution in [2.45, 2.75) is 19.9 Å². The molecule has 0 atom stereocenters. The van der Waals surface area contributed by atoms with Gasteiger partial charge in [-0.2, -0.15) is 0 Å². The third kappa shape index (κ3) is 4.59. The van der Waals surface area contributed by atoms with Crippen molar-refractivity contribution >= 4 is 17.6 Å². The van der Waals surface area contributed by atoms with E-state index in [1.807, 2.05) is 13.8 Å². The number of hydrogen-bond acceptors (Lipinski definition) is 4. The zero-order chi connectivity index (χ0) is 14.4. The number of methoxy groups -OCH3 is 1. The van der Waals surface area contributed by atoms with Crippen molar-refractivity contribution in [3.05, 3.63) is 23.8 Å². The fraction of sp³-hybridized carbons (Fsp3) is 0.385. The second-order valence-electron chi connectivity index (χ2n) is 4.30. The van der Waals surface area contributed by atoms with E-state index >= 15 is 0 Å². The highest BCUT2D eigenvalue weighted by Crippen LogP contribution is 2.22. The van der Waals surface area contributed by atoms with E-state index in [4.69, 9.17) is 9.84 Å². The molecular formula is C13H18N2O4. The van der Waals surface area contributed by atoms with Crippen molar-refractivity contribution in [1.29, 1.82) is 0 Å². The fourth-order valence-electron chi connectivity index (χ4n) is 1.43. The number of rotatable bonds is 6. The summed E-state index contributed by atoms with van der Waals surface area (Å²) in [6.45, 7) is 3.97. The molecule has 0 aliphatic heterocycles. The van der Waals surface area contributed by atoms with Gasteiger partial charge in [-0.3, -0.25) is 4.79 Å². The Balaban J connectivity index is 2.82. The third-order valence-corrected chi connectivity index (χ3v) is 2.40. The number of carbonyl (C=O) groups excluding carboxylic acids is 1. The Labute approximate surface area is 111 Å². The van der Waals surface area contributed by atoms with Crippen LogP contribution >= 0.6 is 0 Å². The lowest BCUT2D eigenvalue weighted by molar-refractivity contribution is -0.115. The minimum absolute atomic E-state index is 0.00255. The first kappa shape index (κ1) is 15.0. The van der Waals surface area contributed by atoms with Crippen molar-refractivity contribution in [2.75, 3.05) is 19.0 Å². The standard InChI is InChI=1S/C13H18N2O4/c1-8(2)14-7-12(16)15-11-5-4-9(19-3)6-10(11)13(17)18/h4-6,8,14H,7H2,1-3H3,(H,15,16)(H,17,18). The summed E-state index contributed by atoms with van der Waals surface area (Å²) in [5, 5.41) is 14.6. The van der Waals surface area contributed by atoms with Crippen LogP contribution in [0.1, 0.15) is 24.2 Å². The van der Waals surface area contributed by atoms with Crippen LogP contribution < -0.4 is 15.4 Å². The predicted octanol–water partition coefficient (Wildman–Crippen LogP) is 1.33. The molecular weight excluding hydrogens is 248 g/mol. The molecule has 1 aromatic carbocycles. The van der Waals surface area contributed by atoms with Crippen LogP contribution in [0.3, 0.4) is 0 Å². The number of carboxylic acid groups (broad SMARTS) is 1. The van der Waals surface area contributed by atoms with Gasteiger partial charge in [-0.1, -0.05) is 13.8 Å². The van der Waals surface area contributed by atoms with Gasteiger partial charge in [0.2, 0.25) is 5.91 Å². The first-order valence-electron chi connectivity index (χ1n) is 5.88. The minimum atomic E-state index is -1.12. The molecule has 6 heteroatoms. The molecule has 0 unspecified atom stereocenters. The highest BCUT2D eigenvalue weighted by molar-refractivity contribution is 6.01. The number of aromatic carboxylic acids is 1. The van der Waals surface area contributed by atoms with E-state index in [-0.39, 0.29) is 29.7 Å². The number of hydrogen-bond donors (Lipinski definition) is 3. The Kier molecular flexibility index (Phi) is 5.32. The van der Waals surface area contributed by atoms with Gasteiger partial charge in [0.15, 0.2) is 0 Å². The van der Waals surface area contributed by atoms with Gasteiger partial charge in [0.25, 0.3) is 0 Å². The second-order valence-corrected chi connectivity index (χ2v) is 4.30.